The highest BCUT2D eigenvalue weighted by Gasteiger charge is 2.15. The topological polar surface area (TPSA) is 24.9 Å². The van der Waals surface area contributed by atoms with E-state index in [1.165, 1.54) is 0 Å². The molecule has 44 heavy (non-hydrogen) atoms. The number of hydrogen-bond donors (Lipinski definition) is 0. The summed E-state index contributed by atoms with van der Waals surface area (Å²) in [6, 6.07) is 50.3. The van der Waals surface area contributed by atoms with Gasteiger partial charge >= 0.3 is 0 Å². The minimum atomic E-state index is 0.820. The summed E-state index contributed by atoms with van der Waals surface area (Å²) in [4.78, 5) is 4.48. The quantitative estimate of drug-likeness (QED) is 0.149. The lowest BCUT2D eigenvalue weighted by atomic mass is 10.0. The minimum absolute atomic E-state index is 0.820. The Hall–Kier alpha value is -4.52. The zero-order valence-electron chi connectivity index (χ0n) is 24.3. The average molecular weight is 706 g/mol. The Morgan fingerprint density at radius 3 is 0.818 bits per heavy atom. The highest BCUT2D eigenvalue weighted by molar-refractivity contribution is 9.10. The Kier molecular flexibility index (Phi) is 9.01. The molecule has 6 aromatic carbocycles. The van der Waals surface area contributed by atoms with Gasteiger partial charge in [0.2, 0.25) is 0 Å². The first-order chi connectivity index (χ1) is 21.5. The average Bonchev–Trinajstić information content (AvgIpc) is 3.08. The molecule has 4 nitrogen and oxygen atoms in total. The summed E-state index contributed by atoms with van der Waals surface area (Å²) >= 11 is 7.13. The van der Waals surface area contributed by atoms with Crippen molar-refractivity contribution in [3.8, 4) is 22.6 Å². The van der Waals surface area contributed by atoms with Gasteiger partial charge in [-0.1, -0.05) is 56.1 Å². The monoisotopic (exact) mass is 704 g/mol. The Bertz CT molecular complexity index is 1710. The number of halogens is 2. The maximum Gasteiger partial charge on any atom is 0.119 e. The third-order valence-electron chi connectivity index (χ3n) is 7.42. The van der Waals surface area contributed by atoms with Crippen LogP contribution in [0.1, 0.15) is 0 Å². The number of benzene rings is 6. The summed E-state index contributed by atoms with van der Waals surface area (Å²) in [6.45, 7) is 0. The molecule has 0 aliphatic carbocycles. The van der Waals surface area contributed by atoms with Gasteiger partial charge in [0.15, 0.2) is 0 Å². The predicted molar refractivity (Wildman–Crippen MR) is 190 cm³/mol. The number of hydrogen-bond acceptors (Lipinski definition) is 4. The van der Waals surface area contributed by atoms with Crippen LogP contribution in [0.4, 0.5) is 34.1 Å². The van der Waals surface area contributed by atoms with E-state index in [0.29, 0.717) is 0 Å². The van der Waals surface area contributed by atoms with Gasteiger partial charge in [-0.25, -0.2) is 0 Å². The molecule has 6 rings (SSSR count). The summed E-state index contributed by atoms with van der Waals surface area (Å²) in [6.07, 6.45) is 0. The fraction of sp³-hybridized carbons (Fsp3) is 0.0526. The molecule has 0 saturated heterocycles. The lowest BCUT2D eigenvalue weighted by Crippen LogP contribution is -2.10. The van der Waals surface area contributed by atoms with Crippen molar-refractivity contribution < 1.29 is 9.47 Å². The second kappa shape index (κ2) is 13.4. The van der Waals surface area contributed by atoms with E-state index < -0.39 is 0 Å². The number of nitrogens with zero attached hydrogens (tertiary/aromatic N) is 2. The van der Waals surface area contributed by atoms with E-state index in [1.807, 2.05) is 24.3 Å². The van der Waals surface area contributed by atoms with Gasteiger partial charge < -0.3 is 19.3 Å². The molecule has 6 heteroatoms. The van der Waals surface area contributed by atoms with Crippen molar-refractivity contribution in [1.29, 1.82) is 0 Å². The number of methoxy groups -OCH3 is 2. The first-order valence-corrected chi connectivity index (χ1v) is 15.7. The smallest absolute Gasteiger partial charge is 0.119 e. The Morgan fingerprint density at radius 1 is 0.341 bits per heavy atom. The number of anilines is 6. The van der Waals surface area contributed by atoms with E-state index in [2.05, 4.69) is 163 Å². The predicted octanol–water partition coefficient (Wildman–Crippen LogP) is 11.8. The summed E-state index contributed by atoms with van der Waals surface area (Å²) in [5.41, 5.74) is 8.67. The van der Waals surface area contributed by atoms with Gasteiger partial charge in [-0.3, -0.25) is 0 Å². The maximum absolute atomic E-state index is 5.40. The summed E-state index contributed by atoms with van der Waals surface area (Å²) in [5.74, 6) is 1.64. The molecule has 0 aliphatic heterocycles. The molecule has 0 aromatic heterocycles. The molecule has 0 aliphatic rings. The van der Waals surface area contributed by atoms with Crippen LogP contribution < -0.4 is 19.3 Å². The van der Waals surface area contributed by atoms with E-state index in [-0.39, 0.29) is 0 Å². The lowest BCUT2D eigenvalue weighted by Gasteiger charge is -2.26. The van der Waals surface area contributed by atoms with Crippen LogP contribution in [0.25, 0.3) is 11.1 Å². The van der Waals surface area contributed by atoms with Crippen molar-refractivity contribution in [3.05, 3.63) is 155 Å². The molecule has 0 atom stereocenters. The Balaban J connectivity index is 1.31. The molecular formula is C38H30Br2N2O2. The van der Waals surface area contributed by atoms with Gasteiger partial charge in [0.25, 0.3) is 0 Å². The van der Waals surface area contributed by atoms with Crippen molar-refractivity contribution in [2.45, 2.75) is 0 Å². The number of rotatable bonds is 9. The minimum Gasteiger partial charge on any atom is -0.497 e. The van der Waals surface area contributed by atoms with Gasteiger partial charge in [-0.15, -0.1) is 0 Å². The molecule has 218 valence electrons. The normalized spacial score (nSPS) is 10.7. The summed E-state index contributed by atoms with van der Waals surface area (Å²) in [7, 11) is 3.36. The summed E-state index contributed by atoms with van der Waals surface area (Å²) < 4.78 is 12.9. The Labute approximate surface area is 275 Å². The highest BCUT2D eigenvalue weighted by Crippen LogP contribution is 2.39. The van der Waals surface area contributed by atoms with Gasteiger partial charge in [0, 0.05) is 43.1 Å². The van der Waals surface area contributed by atoms with Crippen molar-refractivity contribution in [1.82, 2.24) is 0 Å². The molecule has 0 unspecified atom stereocenters. The first-order valence-electron chi connectivity index (χ1n) is 14.1. The molecule has 0 saturated carbocycles. The van der Waals surface area contributed by atoms with Crippen LogP contribution in [0.5, 0.6) is 11.5 Å². The number of ether oxygens (including phenoxy) is 2. The molecule has 0 heterocycles. The van der Waals surface area contributed by atoms with Gasteiger partial charge in [-0.2, -0.15) is 0 Å². The lowest BCUT2D eigenvalue weighted by molar-refractivity contribution is 0.415. The highest BCUT2D eigenvalue weighted by atomic mass is 79.9. The van der Waals surface area contributed by atoms with Gasteiger partial charge in [0.1, 0.15) is 11.5 Å². The fourth-order valence-electron chi connectivity index (χ4n) is 5.14. The largest absolute Gasteiger partial charge is 0.497 e. The molecule has 0 radical (unpaired) electrons. The fourth-order valence-corrected chi connectivity index (χ4v) is 5.67. The van der Waals surface area contributed by atoms with Crippen LogP contribution in [0, 0.1) is 0 Å². The van der Waals surface area contributed by atoms with Crippen LogP contribution in [0.3, 0.4) is 0 Å². The molecule has 0 fully saturated rings. The molecule has 0 amide bonds. The van der Waals surface area contributed by atoms with Crippen LogP contribution in [0.2, 0.25) is 0 Å². The second-order valence-electron chi connectivity index (χ2n) is 10.1. The van der Waals surface area contributed by atoms with Gasteiger partial charge in [-0.05, 0) is 132 Å². The Morgan fingerprint density at radius 2 is 0.568 bits per heavy atom. The molecule has 0 N–H and O–H groups in total. The van der Waals surface area contributed by atoms with Gasteiger partial charge in [0.05, 0.1) is 14.2 Å². The molecular weight excluding hydrogens is 676 g/mol. The standard InChI is InChI=1S/C38H30Br2N2O2/c1-43-37-23-19-35(20-24-37)42(36-21-25-38(44-2)26-22-36)32-13-5-28(6-14-32)27-3-11-31(12-4-27)41(33-15-7-29(39)8-16-33)34-17-9-30(40)10-18-34/h3-26H,1-2H3. The van der Waals surface area contributed by atoms with Crippen LogP contribution in [-0.4, -0.2) is 14.2 Å². The van der Waals surface area contributed by atoms with Crippen molar-refractivity contribution in [3.63, 3.8) is 0 Å². The maximum atomic E-state index is 5.40. The van der Waals surface area contributed by atoms with E-state index >= 15 is 0 Å². The van der Waals surface area contributed by atoms with Crippen LogP contribution >= 0.6 is 31.9 Å². The third-order valence-corrected chi connectivity index (χ3v) is 8.47. The van der Waals surface area contributed by atoms with Crippen molar-refractivity contribution in [2.75, 3.05) is 24.0 Å². The van der Waals surface area contributed by atoms with Crippen molar-refractivity contribution in [2.24, 2.45) is 0 Å². The zero-order valence-corrected chi connectivity index (χ0v) is 27.5. The molecule has 6 aromatic rings. The SMILES string of the molecule is COc1ccc(N(c2ccc(OC)cc2)c2ccc(-c3ccc(N(c4ccc(Br)cc4)c4ccc(Br)cc4)cc3)cc2)cc1. The molecule has 0 spiro atoms. The zero-order chi connectivity index (χ0) is 30.5. The van der Waals surface area contributed by atoms with E-state index in [0.717, 1.165) is 65.7 Å². The van der Waals surface area contributed by atoms with E-state index in [1.54, 1.807) is 14.2 Å². The van der Waals surface area contributed by atoms with E-state index in [4.69, 9.17) is 9.47 Å². The third kappa shape index (κ3) is 6.52. The second-order valence-corrected chi connectivity index (χ2v) is 11.9. The summed E-state index contributed by atoms with van der Waals surface area (Å²) in [5, 5.41) is 0. The van der Waals surface area contributed by atoms with E-state index in [9.17, 15) is 0 Å². The van der Waals surface area contributed by atoms with Crippen LogP contribution in [0.15, 0.2) is 155 Å². The first kappa shape index (κ1) is 29.5. The van der Waals surface area contributed by atoms with Crippen molar-refractivity contribution >= 4 is 66.0 Å². The molecule has 0 bridgehead atoms. The van der Waals surface area contributed by atoms with Crippen LogP contribution in [-0.2, 0) is 0 Å².